The van der Waals surface area contributed by atoms with Gasteiger partial charge in [-0.05, 0) is 42.8 Å². The molecule has 0 aromatic heterocycles. The van der Waals surface area contributed by atoms with Gasteiger partial charge in [0.1, 0.15) is 0 Å². The van der Waals surface area contributed by atoms with Gasteiger partial charge in [0.25, 0.3) is 10.0 Å². The van der Waals surface area contributed by atoms with Gasteiger partial charge in [-0.3, -0.25) is 4.72 Å². The van der Waals surface area contributed by atoms with Crippen LogP contribution in [0.1, 0.15) is 5.56 Å². The number of halogens is 1. The van der Waals surface area contributed by atoms with E-state index in [1.807, 2.05) is 0 Å². The molecule has 0 heterocycles. The zero-order chi connectivity index (χ0) is 13.2. The molecule has 0 aliphatic carbocycles. The fourth-order valence-electron chi connectivity index (χ4n) is 1.59. The molecule has 1 N–H and O–H groups in total. The molecule has 18 heavy (non-hydrogen) atoms. The van der Waals surface area contributed by atoms with Gasteiger partial charge in [-0.15, -0.1) is 0 Å². The largest absolute Gasteiger partial charge is 0.280 e. The number of rotatable bonds is 3. The van der Waals surface area contributed by atoms with Crippen molar-refractivity contribution >= 4 is 27.3 Å². The van der Waals surface area contributed by atoms with E-state index in [-0.39, 0.29) is 4.90 Å². The first-order valence-corrected chi connectivity index (χ1v) is 7.19. The minimum absolute atomic E-state index is 0.278. The van der Waals surface area contributed by atoms with Crippen molar-refractivity contribution in [1.29, 1.82) is 0 Å². The van der Waals surface area contributed by atoms with Crippen molar-refractivity contribution in [2.75, 3.05) is 4.72 Å². The number of sulfonamides is 1. The molecular weight excluding hydrogens is 270 g/mol. The van der Waals surface area contributed by atoms with E-state index >= 15 is 0 Å². The van der Waals surface area contributed by atoms with Gasteiger partial charge in [0.05, 0.1) is 4.90 Å². The molecule has 2 aromatic rings. The molecule has 0 saturated carbocycles. The zero-order valence-electron chi connectivity index (χ0n) is 9.72. The van der Waals surface area contributed by atoms with E-state index in [0.717, 1.165) is 0 Å². The van der Waals surface area contributed by atoms with Crippen LogP contribution in [0.2, 0.25) is 5.02 Å². The third-order valence-corrected chi connectivity index (χ3v) is 4.27. The van der Waals surface area contributed by atoms with Crippen LogP contribution in [0.4, 0.5) is 5.69 Å². The average molecular weight is 282 g/mol. The second kappa shape index (κ2) is 5.00. The summed E-state index contributed by atoms with van der Waals surface area (Å²) in [4.78, 5) is 0.278. The van der Waals surface area contributed by atoms with E-state index in [0.29, 0.717) is 16.3 Å². The number of hydrogen-bond donors (Lipinski definition) is 1. The molecule has 0 spiro atoms. The van der Waals surface area contributed by atoms with E-state index in [1.54, 1.807) is 55.5 Å². The molecule has 2 aromatic carbocycles. The lowest BCUT2D eigenvalue weighted by molar-refractivity contribution is 0.600. The summed E-state index contributed by atoms with van der Waals surface area (Å²) in [5.41, 5.74) is 1.20. The fraction of sp³-hybridized carbons (Fsp3) is 0.0769. The summed E-state index contributed by atoms with van der Waals surface area (Å²) in [7, 11) is -3.55. The molecule has 5 heteroatoms. The Balaban J connectivity index is 2.33. The van der Waals surface area contributed by atoms with Crippen LogP contribution in [0.15, 0.2) is 53.4 Å². The predicted molar refractivity (Wildman–Crippen MR) is 73.4 cm³/mol. The van der Waals surface area contributed by atoms with Crippen LogP contribution in [-0.2, 0) is 10.0 Å². The molecule has 0 radical (unpaired) electrons. The summed E-state index contributed by atoms with van der Waals surface area (Å²) in [6.45, 7) is 1.76. The summed E-state index contributed by atoms with van der Waals surface area (Å²) in [6, 6.07) is 13.4. The van der Waals surface area contributed by atoms with Gasteiger partial charge in [-0.1, -0.05) is 29.8 Å². The van der Waals surface area contributed by atoms with Crippen LogP contribution < -0.4 is 4.72 Å². The Morgan fingerprint density at radius 1 is 1.00 bits per heavy atom. The lowest BCUT2D eigenvalue weighted by Crippen LogP contribution is -2.14. The highest BCUT2D eigenvalue weighted by Crippen LogP contribution is 2.20. The van der Waals surface area contributed by atoms with E-state index in [4.69, 9.17) is 11.6 Å². The zero-order valence-corrected chi connectivity index (χ0v) is 11.3. The van der Waals surface area contributed by atoms with Crippen molar-refractivity contribution in [2.45, 2.75) is 11.8 Å². The quantitative estimate of drug-likeness (QED) is 0.937. The minimum atomic E-state index is -3.55. The van der Waals surface area contributed by atoms with Gasteiger partial charge in [0, 0.05) is 10.7 Å². The van der Waals surface area contributed by atoms with Crippen LogP contribution in [0.3, 0.4) is 0 Å². The summed E-state index contributed by atoms with van der Waals surface area (Å²) in [5.74, 6) is 0. The smallest absolute Gasteiger partial charge is 0.262 e. The summed E-state index contributed by atoms with van der Waals surface area (Å²) in [6.07, 6.45) is 0. The van der Waals surface area contributed by atoms with Crippen LogP contribution in [0.25, 0.3) is 0 Å². The first kappa shape index (κ1) is 12.9. The highest BCUT2D eigenvalue weighted by molar-refractivity contribution is 7.92. The van der Waals surface area contributed by atoms with Crippen LogP contribution in [0.5, 0.6) is 0 Å². The second-order valence-corrected chi connectivity index (χ2v) is 5.97. The van der Waals surface area contributed by atoms with Crippen molar-refractivity contribution in [3.05, 3.63) is 59.1 Å². The molecular formula is C13H12ClNO2S. The lowest BCUT2D eigenvalue weighted by atomic mass is 10.2. The van der Waals surface area contributed by atoms with Gasteiger partial charge in [-0.2, -0.15) is 0 Å². The van der Waals surface area contributed by atoms with Crippen molar-refractivity contribution in [2.24, 2.45) is 0 Å². The minimum Gasteiger partial charge on any atom is -0.280 e. The Kier molecular flexibility index (Phi) is 3.59. The Hall–Kier alpha value is -1.52. The van der Waals surface area contributed by atoms with E-state index in [2.05, 4.69) is 4.72 Å². The maximum absolute atomic E-state index is 12.2. The normalized spacial score (nSPS) is 11.2. The molecule has 0 fully saturated rings. The number of aryl methyl sites for hydroxylation is 1. The highest BCUT2D eigenvalue weighted by atomic mass is 35.5. The topological polar surface area (TPSA) is 46.2 Å². The summed E-state index contributed by atoms with van der Waals surface area (Å²) < 4.78 is 26.8. The molecule has 3 nitrogen and oxygen atoms in total. The summed E-state index contributed by atoms with van der Waals surface area (Å²) >= 11 is 5.75. The molecule has 0 amide bonds. The van der Waals surface area contributed by atoms with Crippen molar-refractivity contribution < 1.29 is 8.42 Å². The average Bonchev–Trinajstić information content (AvgIpc) is 2.32. The van der Waals surface area contributed by atoms with Gasteiger partial charge in [0.15, 0.2) is 0 Å². The maximum Gasteiger partial charge on any atom is 0.262 e. The van der Waals surface area contributed by atoms with E-state index < -0.39 is 10.0 Å². The second-order valence-electron chi connectivity index (χ2n) is 3.88. The van der Waals surface area contributed by atoms with Gasteiger partial charge in [-0.25, -0.2) is 8.42 Å². The van der Waals surface area contributed by atoms with Crippen LogP contribution in [0, 0.1) is 6.92 Å². The highest BCUT2D eigenvalue weighted by Gasteiger charge is 2.15. The number of anilines is 1. The Morgan fingerprint density at radius 2 is 1.61 bits per heavy atom. The third-order valence-electron chi connectivity index (χ3n) is 2.48. The molecule has 94 valence electrons. The summed E-state index contributed by atoms with van der Waals surface area (Å²) in [5, 5.41) is 0.564. The molecule has 0 saturated heterocycles. The number of benzene rings is 2. The monoisotopic (exact) mass is 281 g/mol. The standard InChI is InChI=1S/C13H12ClNO2S/c1-10-4-2-3-5-13(10)18(16,17)15-12-8-6-11(14)7-9-12/h2-9,15H,1H3. The molecule has 2 rings (SSSR count). The molecule has 0 unspecified atom stereocenters. The molecule has 0 aliphatic rings. The van der Waals surface area contributed by atoms with Gasteiger partial charge >= 0.3 is 0 Å². The van der Waals surface area contributed by atoms with Gasteiger partial charge < -0.3 is 0 Å². The molecule has 0 aliphatic heterocycles. The van der Waals surface area contributed by atoms with Crippen molar-refractivity contribution in [1.82, 2.24) is 0 Å². The number of nitrogens with one attached hydrogen (secondary N) is 1. The Labute approximate surface area is 111 Å². The van der Waals surface area contributed by atoms with Crippen molar-refractivity contribution in [3.8, 4) is 0 Å². The fourth-order valence-corrected chi connectivity index (χ4v) is 3.02. The Bertz CT molecular complexity index is 651. The molecule has 0 bridgehead atoms. The van der Waals surface area contributed by atoms with Crippen LogP contribution >= 0.6 is 11.6 Å². The maximum atomic E-state index is 12.2. The lowest BCUT2D eigenvalue weighted by Gasteiger charge is -2.10. The first-order valence-electron chi connectivity index (χ1n) is 5.33. The number of hydrogen-bond acceptors (Lipinski definition) is 2. The molecule has 0 atom stereocenters. The van der Waals surface area contributed by atoms with E-state index in [9.17, 15) is 8.42 Å². The van der Waals surface area contributed by atoms with Crippen molar-refractivity contribution in [3.63, 3.8) is 0 Å². The Morgan fingerprint density at radius 3 is 2.22 bits per heavy atom. The third kappa shape index (κ3) is 2.83. The predicted octanol–water partition coefficient (Wildman–Crippen LogP) is 3.45. The SMILES string of the molecule is Cc1ccccc1S(=O)(=O)Nc1ccc(Cl)cc1. The first-order chi connectivity index (χ1) is 8.49. The van der Waals surface area contributed by atoms with Crippen LogP contribution in [-0.4, -0.2) is 8.42 Å². The van der Waals surface area contributed by atoms with Gasteiger partial charge in [0.2, 0.25) is 0 Å². The van der Waals surface area contributed by atoms with E-state index in [1.165, 1.54) is 0 Å².